The van der Waals surface area contributed by atoms with Gasteiger partial charge in [-0.25, -0.2) is 0 Å². The summed E-state index contributed by atoms with van der Waals surface area (Å²) in [5.74, 6) is 0.795. The zero-order chi connectivity index (χ0) is 14.8. The number of likely N-dealkylation sites (tertiary alicyclic amines) is 1. The Kier molecular flexibility index (Phi) is 3.79. The molecule has 1 aromatic rings. The molecule has 21 heavy (non-hydrogen) atoms. The molecule has 1 unspecified atom stereocenters. The summed E-state index contributed by atoms with van der Waals surface area (Å²) in [4.78, 5) is 24.5. The fourth-order valence-corrected chi connectivity index (χ4v) is 2.68. The van der Waals surface area contributed by atoms with Crippen LogP contribution in [0.25, 0.3) is 0 Å². The average molecular weight is 289 g/mol. The Morgan fingerprint density at radius 2 is 2.29 bits per heavy atom. The van der Waals surface area contributed by atoms with Crippen LogP contribution < -0.4 is 15.4 Å². The number of carbonyl (C=O) groups is 2. The van der Waals surface area contributed by atoms with Gasteiger partial charge < -0.3 is 20.3 Å². The first kappa shape index (κ1) is 13.9. The summed E-state index contributed by atoms with van der Waals surface area (Å²) < 4.78 is 5.33. The molecule has 0 aliphatic carbocycles. The van der Waals surface area contributed by atoms with E-state index in [4.69, 9.17) is 4.74 Å². The molecule has 0 aromatic heterocycles. The standard InChI is InChI=1S/C15H19N3O3/c1-18-8-11(3-5-15(18)20)16-7-10-2-4-13-12(6-10)17-14(19)9-21-13/h2,4,6,11,16H,3,5,7-9H2,1H3,(H,17,19). The number of hydrogen-bond acceptors (Lipinski definition) is 4. The summed E-state index contributed by atoms with van der Waals surface area (Å²) in [6.45, 7) is 1.52. The maximum Gasteiger partial charge on any atom is 0.262 e. The number of rotatable bonds is 3. The predicted octanol–water partition coefficient (Wildman–Crippen LogP) is 0.728. The van der Waals surface area contributed by atoms with Gasteiger partial charge in [0.1, 0.15) is 5.75 Å². The minimum absolute atomic E-state index is 0.0764. The van der Waals surface area contributed by atoms with Gasteiger partial charge in [-0.1, -0.05) is 6.07 Å². The highest BCUT2D eigenvalue weighted by Gasteiger charge is 2.22. The molecule has 6 nitrogen and oxygen atoms in total. The second-order valence-corrected chi connectivity index (χ2v) is 5.56. The first-order valence-electron chi connectivity index (χ1n) is 7.15. The van der Waals surface area contributed by atoms with Crippen molar-refractivity contribution in [1.29, 1.82) is 0 Å². The van der Waals surface area contributed by atoms with Crippen LogP contribution in [0.5, 0.6) is 5.75 Å². The van der Waals surface area contributed by atoms with Crippen molar-refractivity contribution in [3.63, 3.8) is 0 Å². The van der Waals surface area contributed by atoms with Gasteiger partial charge in [0.05, 0.1) is 5.69 Å². The Balaban J connectivity index is 1.60. The van der Waals surface area contributed by atoms with Gasteiger partial charge >= 0.3 is 0 Å². The zero-order valence-electron chi connectivity index (χ0n) is 12.0. The third kappa shape index (κ3) is 3.16. The van der Waals surface area contributed by atoms with Crippen LogP contribution in [0, 0.1) is 0 Å². The second-order valence-electron chi connectivity index (χ2n) is 5.56. The Bertz CT molecular complexity index is 573. The van der Waals surface area contributed by atoms with E-state index >= 15 is 0 Å². The van der Waals surface area contributed by atoms with Gasteiger partial charge in [-0.15, -0.1) is 0 Å². The maximum atomic E-state index is 11.4. The number of anilines is 1. The lowest BCUT2D eigenvalue weighted by Gasteiger charge is -2.30. The summed E-state index contributed by atoms with van der Waals surface area (Å²) in [6, 6.07) is 6.11. The molecule has 2 aliphatic heterocycles. The summed E-state index contributed by atoms with van der Waals surface area (Å²) >= 11 is 0. The van der Waals surface area contributed by atoms with Crippen LogP contribution in [-0.2, 0) is 16.1 Å². The molecule has 0 radical (unpaired) electrons. The normalized spacial score (nSPS) is 21.6. The predicted molar refractivity (Wildman–Crippen MR) is 78.1 cm³/mol. The molecule has 2 heterocycles. The maximum absolute atomic E-state index is 11.4. The molecule has 112 valence electrons. The number of ether oxygens (including phenoxy) is 1. The Hall–Kier alpha value is -2.08. The van der Waals surface area contributed by atoms with Crippen LogP contribution in [0.15, 0.2) is 18.2 Å². The number of hydrogen-bond donors (Lipinski definition) is 2. The van der Waals surface area contributed by atoms with Crippen molar-refractivity contribution in [3.8, 4) is 5.75 Å². The first-order valence-corrected chi connectivity index (χ1v) is 7.15. The summed E-state index contributed by atoms with van der Waals surface area (Å²) in [7, 11) is 1.84. The first-order chi connectivity index (χ1) is 10.1. The SMILES string of the molecule is CN1CC(NCc2ccc3c(c2)NC(=O)CO3)CCC1=O. The number of fused-ring (bicyclic) bond motifs is 1. The third-order valence-electron chi connectivity index (χ3n) is 3.90. The number of amides is 2. The van der Waals surface area contributed by atoms with E-state index in [-0.39, 0.29) is 18.4 Å². The molecule has 2 amide bonds. The summed E-state index contributed by atoms with van der Waals surface area (Å²) in [6.07, 6.45) is 1.47. The van der Waals surface area contributed by atoms with Crippen LogP contribution >= 0.6 is 0 Å². The van der Waals surface area contributed by atoms with E-state index < -0.39 is 0 Å². The van der Waals surface area contributed by atoms with Crippen molar-refractivity contribution in [2.45, 2.75) is 25.4 Å². The molecule has 0 spiro atoms. The molecule has 1 saturated heterocycles. The number of likely N-dealkylation sites (N-methyl/N-ethyl adjacent to an activating group) is 1. The van der Waals surface area contributed by atoms with Gasteiger partial charge in [-0.3, -0.25) is 9.59 Å². The molecule has 0 bridgehead atoms. The van der Waals surface area contributed by atoms with E-state index in [2.05, 4.69) is 10.6 Å². The van der Waals surface area contributed by atoms with E-state index in [9.17, 15) is 9.59 Å². The van der Waals surface area contributed by atoms with Gasteiger partial charge in [0, 0.05) is 32.6 Å². The van der Waals surface area contributed by atoms with E-state index in [1.54, 1.807) is 4.90 Å². The molecule has 0 saturated carbocycles. The molecule has 6 heteroatoms. The lowest BCUT2D eigenvalue weighted by atomic mass is 10.1. The van der Waals surface area contributed by atoms with Gasteiger partial charge in [0.25, 0.3) is 5.91 Å². The molecular formula is C15H19N3O3. The van der Waals surface area contributed by atoms with E-state index in [0.29, 0.717) is 24.8 Å². The van der Waals surface area contributed by atoms with Crippen LogP contribution in [0.1, 0.15) is 18.4 Å². The van der Waals surface area contributed by atoms with Crippen LogP contribution in [0.4, 0.5) is 5.69 Å². The Morgan fingerprint density at radius 3 is 3.10 bits per heavy atom. The van der Waals surface area contributed by atoms with Gasteiger partial charge in [0.15, 0.2) is 6.61 Å². The molecule has 2 aliphatic rings. The number of piperidine rings is 1. The summed E-state index contributed by atoms with van der Waals surface area (Å²) in [5.41, 5.74) is 1.81. The second kappa shape index (κ2) is 5.73. The van der Waals surface area contributed by atoms with E-state index in [1.807, 2.05) is 25.2 Å². The van der Waals surface area contributed by atoms with Crippen LogP contribution in [0.3, 0.4) is 0 Å². The monoisotopic (exact) mass is 289 g/mol. The van der Waals surface area contributed by atoms with Crippen molar-refractivity contribution in [3.05, 3.63) is 23.8 Å². The van der Waals surface area contributed by atoms with Crippen LogP contribution in [0.2, 0.25) is 0 Å². The Labute approximate surface area is 123 Å². The van der Waals surface area contributed by atoms with Crippen molar-refractivity contribution in [1.82, 2.24) is 10.2 Å². The van der Waals surface area contributed by atoms with Crippen LogP contribution in [-0.4, -0.2) is 43.0 Å². The highest BCUT2D eigenvalue weighted by atomic mass is 16.5. The molecule has 3 rings (SSSR count). The number of carbonyl (C=O) groups excluding carboxylic acids is 2. The molecule has 1 fully saturated rings. The lowest BCUT2D eigenvalue weighted by Crippen LogP contribution is -2.46. The zero-order valence-corrected chi connectivity index (χ0v) is 12.0. The quantitative estimate of drug-likeness (QED) is 0.860. The van der Waals surface area contributed by atoms with E-state index in [0.717, 1.165) is 24.2 Å². The van der Waals surface area contributed by atoms with Gasteiger partial charge in [-0.05, 0) is 24.1 Å². The van der Waals surface area contributed by atoms with Gasteiger partial charge in [0.2, 0.25) is 5.91 Å². The molecular weight excluding hydrogens is 270 g/mol. The highest BCUT2D eigenvalue weighted by Crippen LogP contribution is 2.28. The molecule has 1 atom stereocenters. The van der Waals surface area contributed by atoms with E-state index in [1.165, 1.54) is 0 Å². The number of nitrogens with one attached hydrogen (secondary N) is 2. The topological polar surface area (TPSA) is 70.7 Å². The largest absolute Gasteiger partial charge is 0.482 e. The molecule has 2 N–H and O–H groups in total. The minimum atomic E-state index is -0.125. The molecule has 1 aromatic carbocycles. The van der Waals surface area contributed by atoms with Crippen molar-refractivity contribution >= 4 is 17.5 Å². The third-order valence-corrected chi connectivity index (χ3v) is 3.90. The highest BCUT2D eigenvalue weighted by molar-refractivity contribution is 5.95. The average Bonchev–Trinajstić information content (AvgIpc) is 2.48. The lowest BCUT2D eigenvalue weighted by molar-refractivity contribution is -0.132. The number of benzene rings is 1. The Morgan fingerprint density at radius 1 is 1.43 bits per heavy atom. The van der Waals surface area contributed by atoms with Crippen molar-refractivity contribution in [2.24, 2.45) is 0 Å². The van der Waals surface area contributed by atoms with Crippen molar-refractivity contribution in [2.75, 3.05) is 25.5 Å². The van der Waals surface area contributed by atoms with Gasteiger partial charge in [-0.2, -0.15) is 0 Å². The fourth-order valence-electron chi connectivity index (χ4n) is 2.68. The summed E-state index contributed by atoms with van der Waals surface area (Å²) in [5, 5.41) is 6.27. The fraction of sp³-hybridized carbons (Fsp3) is 0.467. The van der Waals surface area contributed by atoms with Crippen molar-refractivity contribution < 1.29 is 14.3 Å². The number of nitrogens with zero attached hydrogens (tertiary/aromatic N) is 1. The minimum Gasteiger partial charge on any atom is -0.482 e. The smallest absolute Gasteiger partial charge is 0.262 e.